The summed E-state index contributed by atoms with van der Waals surface area (Å²) in [7, 11) is 3.37. The molecule has 0 bridgehead atoms. The maximum Gasteiger partial charge on any atom is 0.122 e. The van der Waals surface area contributed by atoms with Gasteiger partial charge >= 0.3 is 0 Å². The van der Waals surface area contributed by atoms with Crippen LogP contribution in [-0.4, -0.2) is 20.8 Å². The highest BCUT2D eigenvalue weighted by atomic mass is 16.5. The molecule has 2 aromatic rings. The molecule has 0 spiro atoms. The summed E-state index contributed by atoms with van der Waals surface area (Å²) in [6, 6.07) is 14.5. The quantitative estimate of drug-likeness (QED) is 0.883. The molecule has 0 saturated heterocycles. The van der Waals surface area contributed by atoms with Crippen molar-refractivity contribution in [2.75, 3.05) is 20.8 Å². The van der Waals surface area contributed by atoms with E-state index in [1.165, 1.54) is 11.1 Å². The van der Waals surface area contributed by atoms with E-state index in [9.17, 15) is 0 Å². The largest absolute Gasteiger partial charge is 0.497 e. The molecule has 1 unspecified atom stereocenters. The minimum Gasteiger partial charge on any atom is -0.497 e. The molecular formula is C18H23NO2. The Labute approximate surface area is 126 Å². The number of rotatable bonds is 6. The molecule has 0 aliphatic heterocycles. The van der Waals surface area contributed by atoms with Crippen LogP contribution in [-0.2, 0) is 0 Å². The highest BCUT2D eigenvalue weighted by Gasteiger charge is 2.18. The first-order chi connectivity index (χ1) is 10.2. The van der Waals surface area contributed by atoms with E-state index in [0.717, 1.165) is 23.5 Å². The van der Waals surface area contributed by atoms with Crippen LogP contribution in [0.4, 0.5) is 0 Å². The average Bonchev–Trinajstić information content (AvgIpc) is 2.53. The third kappa shape index (κ3) is 3.56. The molecule has 2 rings (SSSR count). The van der Waals surface area contributed by atoms with Crippen molar-refractivity contribution in [3.63, 3.8) is 0 Å². The van der Waals surface area contributed by atoms with E-state index >= 15 is 0 Å². The SMILES string of the molecule is COc1ccc(OC)c(C(CCN)c2ccc(C)cc2)c1. The number of ether oxygens (including phenoxy) is 2. The number of nitrogens with two attached hydrogens (primary N) is 1. The third-order valence-corrected chi connectivity index (χ3v) is 3.75. The van der Waals surface area contributed by atoms with Gasteiger partial charge in [-0.25, -0.2) is 0 Å². The molecule has 0 aliphatic rings. The lowest BCUT2D eigenvalue weighted by atomic mass is 9.87. The van der Waals surface area contributed by atoms with E-state index in [1.54, 1.807) is 14.2 Å². The first kappa shape index (κ1) is 15.4. The molecule has 3 heteroatoms. The molecule has 112 valence electrons. The van der Waals surface area contributed by atoms with Crippen LogP contribution >= 0.6 is 0 Å². The van der Waals surface area contributed by atoms with Gasteiger partial charge in [0.1, 0.15) is 11.5 Å². The second kappa shape index (κ2) is 7.14. The van der Waals surface area contributed by atoms with Crippen molar-refractivity contribution >= 4 is 0 Å². The van der Waals surface area contributed by atoms with Crippen LogP contribution in [0.5, 0.6) is 11.5 Å². The molecule has 0 aromatic heterocycles. The number of methoxy groups -OCH3 is 2. The molecule has 0 amide bonds. The molecule has 2 aromatic carbocycles. The topological polar surface area (TPSA) is 44.5 Å². The van der Waals surface area contributed by atoms with E-state index in [0.29, 0.717) is 6.54 Å². The fourth-order valence-electron chi connectivity index (χ4n) is 2.58. The lowest BCUT2D eigenvalue weighted by molar-refractivity contribution is 0.396. The molecule has 2 N–H and O–H groups in total. The fourth-order valence-corrected chi connectivity index (χ4v) is 2.58. The number of aryl methyl sites for hydroxylation is 1. The molecule has 0 radical (unpaired) electrons. The van der Waals surface area contributed by atoms with Gasteiger partial charge in [-0.15, -0.1) is 0 Å². The number of hydrogen-bond donors (Lipinski definition) is 1. The second-order valence-electron chi connectivity index (χ2n) is 5.15. The Morgan fingerprint density at radius 1 is 1.00 bits per heavy atom. The molecule has 3 nitrogen and oxygen atoms in total. The minimum atomic E-state index is 0.209. The molecule has 0 saturated carbocycles. The van der Waals surface area contributed by atoms with Crippen LogP contribution in [0.15, 0.2) is 42.5 Å². The fraction of sp³-hybridized carbons (Fsp3) is 0.333. The van der Waals surface area contributed by atoms with E-state index in [4.69, 9.17) is 15.2 Å². The van der Waals surface area contributed by atoms with Crippen LogP contribution in [0.3, 0.4) is 0 Å². The standard InChI is InChI=1S/C18H23NO2/c1-13-4-6-14(7-5-13)16(10-11-19)17-12-15(20-2)8-9-18(17)21-3/h4-9,12,16H,10-11,19H2,1-3H3. The first-order valence-electron chi connectivity index (χ1n) is 7.18. The maximum atomic E-state index is 5.82. The van der Waals surface area contributed by atoms with Crippen LogP contribution in [0.2, 0.25) is 0 Å². The van der Waals surface area contributed by atoms with Gasteiger partial charge in [0.05, 0.1) is 14.2 Å². The molecular weight excluding hydrogens is 262 g/mol. The monoisotopic (exact) mass is 285 g/mol. The lowest BCUT2D eigenvalue weighted by Gasteiger charge is -2.21. The van der Waals surface area contributed by atoms with Crippen molar-refractivity contribution in [1.82, 2.24) is 0 Å². The summed E-state index contributed by atoms with van der Waals surface area (Å²) in [6.07, 6.45) is 0.868. The van der Waals surface area contributed by atoms with Crippen molar-refractivity contribution in [2.45, 2.75) is 19.3 Å². The van der Waals surface area contributed by atoms with Crippen LogP contribution < -0.4 is 15.2 Å². The zero-order chi connectivity index (χ0) is 15.2. The summed E-state index contributed by atoms with van der Waals surface area (Å²) in [5.74, 6) is 1.91. The van der Waals surface area contributed by atoms with Gasteiger partial charge in [0.2, 0.25) is 0 Å². The second-order valence-corrected chi connectivity index (χ2v) is 5.15. The zero-order valence-electron chi connectivity index (χ0n) is 12.9. The lowest BCUT2D eigenvalue weighted by Crippen LogP contribution is -2.10. The summed E-state index contributed by atoms with van der Waals surface area (Å²) in [4.78, 5) is 0. The van der Waals surface area contributed by atoms with Crippen LogP contribution in [0.1, 0.15) is 29.0 Å². The van der Waals surface area contributed by atoms with Crippen LogP contribution in [0, 0.1) is 6.92 Å². The first-order valence-corrected chi connectivity index (χ1v) is 7.18. The molecule has 21 heavy (non-hydrogen) atoms. The van der Waals surface area contributed by atoms with Gasteiger partial charge in [-0.05, 0) is 43.7 Å². The van der Waals surface area contributed by atoms with Crippen molar-refractivity contribution in [3.05, 3.63) is 59.2 Å². The van der Waals surface area contributed by atoms with Gasteiger partial charge in [-0.2, -0.15) is 0 Å². The molecule has 0 heterocycles. The van der Waals surface area contributed by atoms with E-state index in [2.05, 4.69) is 31.2 Å². The molecule has 1 atom stereocenters. The summed E-state index contributed by atoms with van der Waals surface area (Å²) in [5, 5.41) is 0. The Balaban J connectivity index is 2.48. The Hall–Kier alpha value is -2.00. The third-order valence-electron chi connectivity index (χ3n) is 3.75. The van der Waals surface area contributed by atoms with Gasteiger partial charge < -0.3 is 15.2 Å². The van der Waals surface area contributed by atoms with Crippen molar-refractivity contribution in [2.24, 2.45) is 5.73 Å². The number of benzene rings is 2. The Kier molecular flexibility index (Phi) is 5.23. The van der Waals surface area contributed by atoms with Crippen molar-refractivity contribution in [3.8, 4) is 11.5 Å². The number of hydrogen-bond acceptors (Lipinski definition) is 3. The van der Waals surface area contributed by atoms with Gasteiger partial charge in [0, 0.05) is 11.5 Å². The van der Waals surface area contributed by atoms with Gasteiger partial charge in [-0.1, -0.05) is 29.8 Å². The molecule has 0 fully saturated rings. The van der Waals surface area contributed by atoms with E-state index in [-0.39, 0.29) is 5.92 Å². The van der Waals surface area contributed by atoms with Crippen LogP contribution in [0.25, 0.3) is 0 Å². The van der Waals surface area contributed by atoms with Gasteiger partial charge in [-0.3, -0.25) is 0 Å². The van der Waals surface area contributed by atoms with Gasteiger partial charge in [0.15, 0.2) is 0 Å². The maximum absolute atomic E-state index is 5.82. The summed E-state index contributed by atoms with van der Waals surface area (Å²) in [6.45, 7) is 2.72. The summed E-state index contributed by atoms with van der Waals surface area (Å²) in [5.41, 5.74) is 9.44. The highest BCUT2D eigenvalue weighted by molar-refractivity contribution is 5.46. The smallest absolute Gasteiger partial charge is 0.122 e. The van der Waals surface area contributed by atoms with Crippen molar-refractivity contribution < 1.29 is 9.47 Å². The Morgan fingerprint density at radius 2 is 1.71 bits per heavy atom. The minimum absolute atomic E-state index is 0.209. The van der Waals surface area contributed by atoms with Gasteiger partial charge in [0.25, 0.3) is 0 Å². The van der Waals surface area contributed by atoms with Crippen molar-refractivity contribution in [1.29, 1.82) is 0 Å². The zero-order valence-corrected chi connectivity index (χ0v) is 12.9. The average molecular weight is 285 g/mol. The normalized spacial score (nSPS) is 12.0. The van der Waals surface area contributed by atoms with E-state index < -0.39 is 0 Å². The predicted octanol–water partition coefficient (Wildman–Crippen LogP) is 3.49. The van der Waals surface area contributed by atoms with E-state index in [1.807, 2.05) is 18.2 Å². The highest BCUT2D eigenvalue weighted by Crippen LogP contribution is 2.36. The molecule has 0 aliphatic carbocycles. The Bertz CT molecular complexity index is 578. The predicted molar refractivity (Wildman–Crippen MR) is 86.2 cm³/mol. The summed E-state index contributed by atoms with van der Waals surface area (Å²) >= 11 is 0. The Morgan fingerprint density at radius 3 is 2.29 bits per heavy atom. The summed E-state index contributed by atoms with van der Waals surface area (Å²) < 4.78 is 10.9.